The van der Waals surface area contributed by atoms with Gasteiger partial charge in [-0.3, -0.25) is 24.2 Å². The summed E-state index contributed by atoms with van der Waals surface area (Å²) in [4.78, 5) is 40.1. The van der Waals surface area contributed by atoms with Crippen LogP contribution in [-0.2, 0) is 28.2 Å². The van der Waals surface area contributed by atoms with Crippen LogP contribution < -0.4 is 5.56 Å². The summed E-state index contributed by atoms with van der Waals surface area (Å²) >= 11 is 0. The maximum absolute atomic E-state index is 13.9. The lowest BCUT2D eigenvalue weighted by Crippen LogP contribution is -2.33. The first-order valence-electron chi connectivity index (χ1n) is 11.7. The molecule has 1 aromatic heterocycles. The topological polar surface area (TPSA) is 106 Å². The molecule has 0 saturated carbocycles. The molecule has 0 fully saturated rings. The summed E-state index contributed by atoms with van der Waals surface area (Å²) in [5.74, 6) is -0.645. The average Bonchev–Trinajstić information content (AvgIpc) is 3.12. The molecular weight excluding hydrogens is 464 g/mol. The molecule has 0 saturated heterocycles. The fourth-order valence-corrected chi connectivity index (χ4v) is 7.45. The maximum Gasteiger partial charge on any atom is 0.275 e. The molecule has 35 heavy (non-hydrogen) atoms. The van der Waals surface area contributed by atoms with Crippen molar-refractivity contribution in [2.75, 3.05) is 5.75 Å². The standard InChI is InChI=1S/C27H30N2O5S/c1-6-29-20(15-21(30)18-10-8-7-9-11-18)22(26(32)28-29)24(31)19-14-16(2)25-23(17(19)3)27(4,5)12-13-35(25,33)34/h7-11,14H,6,12-13,15H2,1-5H3,(H,28,32). The van der Waals surface area contributed by atoms with Crippen molar-refractivity contribution in [1.82, 2.24) is 9.78 Å². The van der Waals surface area contributed by atoms with Crippen molar-refractivity contribution in [3.05, 3.63) is 85.8 Å². The molecule has 0 amide bonds. The number of H-pyrrole nitrogens is 1. The Balaban J connectivity index is 1.89. The Morgan fingerprint density at radius 1 is 1.11 bits per heavy atom. The van der Waals surface area contributed by atoms with Crippen LogP contribution in [0.5, 0.6) is 0 Å². The van der Waals surface area contributed by atoms with Gasteiger partial charge in [-0.2, -0.15) is 0 Å². The van der Waals surface area contributed by atoms with Crippen LogP contribution in [0.4, 0.5) is 0 Å². The molecule has 0 unspecified atom stereocenters. The predicted molar refractivity (Wildman–Crippen MR) is 134 cm³/mol. The lowest BCUT2D eigenvalue weighted by molar-refractivity contribution is 0.0990. The Labute approximate surface area is 205 Å². The summed E-state index contributed by atoms with van der Waals surface area (Å²) in [6, 6.07) is 10.3. The zero-order valence-electron chi connectivity index (χ0n) is 20.7. The number of aromatic amines is 1. The van der Waals surface area contributed by atoms with Crippen LogP contribution in [0.1, 0.15) is 75.9 Å². The minimum Gasteiger partial charge on any atom is -0.294 e. The van der Waals surface area contributed by atoms with Gasteiger partial charge in [0.15, 0.2) is 15.6 Å². The number of carbonyl (C=O) groups excluding carboxylic acids is 2. The molecule has 7 nitrogen and oxygen atoms in total. The van der Waals surface area contributed by atoms with E-state index in [0.29, 0.717) is 51.4 Å². The zero-order valence-corrected chi connectivity index (χ0v) is 21.5. The first kappa shape index (κ1) is 24.9. The van der Waals surface area contributed by atoms with E-state index in [4.69, 9.17) is 0 Å². The van der Waals surface area contributed by atoms with E-state index in [1.807, 2.05) is 26.8 Å². The molecule has 0 bridgehead atoms. The molecule has 8 heteroatoms. The van der Waals surface area contributed by atoms with Crippen molar-refractivity contribution in [2.45, 2.75) is 64.3 Å². The summed E-state index contributed by atoms with van der Waals surface area (Å²) < 4.78 is 27.4. The lowest BCUT2D eigenvalue weighted by Gasteiger charge is -2.35. The van der Waals surface area contributed by atoms with E-state index in [0.717, 1.165) is 0 Å². The van der Waals surface area contributed by atoms with E-state index >= 15 is 0 Å². The molecule has 1 aliphatic rings. The number of sulfone groups is 1. The molecule has 2 heterocycles. The van der Waals surface area contributed by atoms with Gasteiger partial charge in [0, 0.05) is 17.7 Å². The van der Waals surface area contributed by atoms with Gasteiger partial charge in [0.1, 0.15) is 5.56 Å². The van der Waals surface area contributed by atoms with Crippen molar-refractivity contribution in [3.8, 4) is 0 Å². The lowest BCUT2D eigenvalue weighted by atomic mass is 9.76. The van der Waals surface area contributed by atoms with Crippen LogP contribution in [0.2, 0.25) is 0 Å². The normalized spacial score (nSPS) is 16.0. The molecule has 4 rings (SSSR count). The molecule has 0 atom stereocenters. The van der Waals surface area contributed by atoms with E-state index in [1.54, 1.807) is 44.2 Å². The monoisotopic (exact) mass is 494 g/mol. The Morgan fingerprint density at radius 2 is 1.77 bits per heavy atom. The SMILES string of the molecule is CCn1[nH]c(=O)c(C(=O)c2cc(C)c3c(c2C)C(C)(C)CCS3(=O)=O)c1CC(=O)c1ccccc1. The largest absolute Gasteiger partial charge is 0.294 e. The van der Waals surface area contributed by atoms with Crippen LogP contribution in [-0.4, -0.2) is 35.5 Å². The second kappa shape index (κ2) is 8.75. The summed E-state index contributed by atoms with van der Waals surface area (Å²) in [6.45, 7) is 9.59. The second-order valence-corrected chi connectivity index (χ2v) is 11.9. The highest BCUT2D eigenvalue weighted by molar-refractivity contribution is 7.91. The van der Waals surface area contributed by atoms with Gasteiger partial charge in [0.2, 0.25) is 5.78 Å². The first-order valence-corrected chi connectivity index (χ1v) is 13.4. The number of benzene rings is 2. The number of Topliss-reactive ketones (excluding diaryl/α,β-unsaturated/α-hetero) is 1. The number of rotatable bonds is 6. The van der Waals surface area contributed by atoms with Crippen molar-refractivity contribution in [1.29, 1.82) is 0 Å². The summed E-state index contributed by atoms with van der Waals surface area (Å²) in [7, 11) is -3.46. The zero-order chi connectivity index (χ0) is 25.7. The number of carbonyl (C=O) groups is 2. The van der Waals surface area contributed by atoms with E-state index in [9.17, 15) is 22.8 Å². The highest BCUT2D eigenvalue weighted by Crippen LogP contribution is 2.43. The van der Waals surface area contributed by atoms with Crippen molar-refractivity contribution in [2.24, 2.45) is 0 Å². The second-order valence-electron chi connectivity index (χ2n) is 9.82. The molecule has 1 aliphatic heterocycles. The number of hydrogen-bond acceptors (Lipinski definition) is 5. The molecule has 2 aromatic carbocycles. The number of nitrogens with zero attached hydrogens (tertiary/aromatic N) is 1. The summed E-state index contributed by atoms with van der Waals surface area (Å²) in [5, 5.41) is 2.69. The number of fused-ring (bicyclic) bond motifs is 1. The highest BCUT2D eigenvalue weighted by atomic mass is 32.2. The third-order valence-corrected chi connectivity index (χ3v) is 8.89. The van der Waals surface area contributed by atoms with Gasteiger partial charge in [0.25, 0.3) is 5.56 Å². The van der Waals surface area contributed by atoms with Gasteiger partial charge in [-0.25, -0.2) is 8.42 Å². The van der Waals surface area contributed by atoms with E-state index in [2.05, 4.69) is 5.10 Å². The Morgan fingerprint density at radius 3 is 2.40 bits per heavy atom. The molecule has 1 N–H and O–H groups in total. The van der Waals surface area contributed by atoms with Gasteiger partial charge < -0.3 is 0 Å². The summed E-state index contributed by atoms with van der Waals surface area (Å²) in [6.07, 6.45) is 0.338. The fourth-order valence-electron chi connectivity index (χ4n) is 5.17. The molecule has 3 aromatic rings. The number of aryl methyl sites for hydroxylation is 2. The van der Waals surface area contributed by atoms with Crippen LogP contribution in [0.25, 0.3) is 0 Å². The molecular formula is C27H30N2O5S. The number of aromatic nitrogens is 2. The van der Waals surface area contributed by atoms with Gasteiger partial charge in [-0.1, -0.05) is 44.2 Å². The predicted octanol–water partition coefficient (Wildman–Crippen LogP) is 3.92. The Bertz CT molecular complexity index is 1510. The fraction of sp³-hybridized carbons (Fsp3) is 0.370. The molecule has 0 spiro atoms. The Hall–Kier alpha value is -3.26. The molecule has 0 radical (unpaired) electrons. The van der Waals surface area contributed by atoms with Crippen molar-refractivity contribution in [3.63, 3.8) is 0 Å². The Kier molecular flexibility index (Phi) is 6.21. The van der Waals surface area contributed by atoms with Gasteiger partial charge in [0.05, 0.1) is 22.8 Å². The van der Waals surface area contributed by atoms with E-state index in [1.165, 1.54) is 4.68 Å². The number of ketones is 2. The van der Waals surface area contributed by atoms with Crippen molar-refractivity contribution >= 4 is 21.4 Å². The highest BCUT2D eigenvalue weighted by Gasteiger charge is 2.39. The van der Waals surface area contributed by atoms with Gasteiger partial charge >= 0.3 is 0 Å². The number of nitrogens with one attached hydrogen (secondary N) is 1. The maximum atomic E-state index is 13.9. The van der Waals surface area contributed by atoms with E-state index in [-0.39, 0.29) is 23.5 Å². The van der Waals surface area contributed by atoms with Crippen LogP contribution in [0.3, 0.4) is 0 Å². The minimum absolute atomic E-state index is 0.0609. The third-order valence-electron chi connectivity index (χ3n) is 7.00. The van der Waals surface area contributed by atoms with Gasteiger partial charge in [-0.15, -0.1) is 0 Å². The van der Waals surface area contributed by atoms with Crippen LogP contribution >= 0.6 is 0 Å². The molecule has 184 valence electrons. The van der Waals surface area contributed by atoms with E-state index < -0.39 is 26.6 Å². The summed E-state index contributed by atoms with van der Waals surface area (Å²) in [5.41, 5.74) is 1.74. The van der Waals surface area contributed by atoms with Crippen molar-refractivity contribution < 1.29 is 18.0 Å². The quantitative estimate of drug-likeness (QED) is 0.523. The smallest absolute Gasteiger partial charge is 0.275 e. The third kappa shape index (κ3) is 4.20. The molecule has 0 aliphatic carbocycles. The number of hydrogen-bond donors (Lipinski definition) is 1. The van der Waals surface area contributed by atoms with Crippen LogP contribution in [0, 0.1) is 13.8 Å². The average molecular weight is 495 g/mol. The minimum atomic E-state index is -3.46. The first-order chi connectivity index (χ1) is 16.4. The van der Waals surface area contributed by atoms with Gasteiger partial charge in [-0.05, 0) is 55.4 Å². The van der Waals surface area contributed by atoms with Crippen LogP contribution in [0.15, 0.2) is 46.1 Å².